The molecule has 0 aliphatic carbocycles. The van der Waals surface area contributed by atoms with Gasteiger partial charge in [0.15, 0.2) is 0 Å². The maximum absolute atomic E-state index is 11.6. The van der Waals surface area contributed by atoms with Crippen LogP contribution in [0.25, 0.3) is 0 Å². The highest BCUT2D eigenvalue weighted by atomic mass is 32.2. The molecule has 0 saturated heterocycles. The Kier molecular flexibility index (Phi) is 4.24. The molecule has 0 fully saturated rings. The SMILES string of the molecule is CC(C)(CNC(=O)c1nnc(N)s1)NS(C)(=O)=O. The maximum atomic E-state index is 11.6. The average Bonchev–Trinajstić information content (AvgIpc) is 2.57. The van der Waals surface area contributed by atoms with Gasteiger partial charge in [0, 0.05) is 12.1 Å². The van der Waals surface area contributed by atoms with E-state index < -0.39 is 21.5 Å². The van der Waals surface area contributed by atoms with Gasteiger partial charge >= 0.3 is 0 Å². The van der Waals surface area contributed by atoms with Crippen LogP contribution in [0.3, 0.4) is 0 Å². The summed E-state index contributed by atoms with van der Waals surface area (Å²) < 4.78 is 24.6. The third-order valence-electron chi connectivity index (χ3n) is 1.79. The maximum Gasteiger partial charge on any atom is 0.282 e. The van der Waals surface area contributed by atoms with Crippen LogP contribution in [0.1, 0.15) is 23.6 Å². The molecule has 0 aliphatic heterocycles. The van der Waals surface area contributed by atoms with E-state index >= 15 is 0 Å². The first kappa shape index (κ1) is 14.8. The second kappa shape index (κ2) is 5.16. The number of amides is 1. The van der Waals surface area contributed by atoms with E-state index in [-0.39, 0.29) is 16.7 Å². The van der Waals surface area contributed by atoms with Crippen molar-refractivity contribution in [2.45, 2.75) is 19.4 Å². The van der Waals surface area contributed by atoms with Gasteiger partial charge in [0.25, 0.3) is 5.91 Å². The summed E-state index contributed by atoms with van der Waals surface area (Å²) in [5.41, 5.74) is 4.56. The third-order valence-corrected chi connectivity index (χ3v) is 3.46. The summed E-state index contributed by atoms with van der Waals surface area (Å²) in [5, 5.41) is 10.0. The number of carbonyl (C=O) groups is 1. The summed E-state index contributed by atoms with van der Waals surface area (Å²) in [6.45, 7) is 3.43. The predicted octanol–water partition coefficient (Wildman–Crippen LogP) is -0.822. The Morgan fingerprint density at radius 2 is 2.06 bits per heavy atom. The zero-order valence-electron chi connectivity index (χ0n) is 10.2. The largest absolute Gasteiger partial charge is 0.374 e. The Balaban J connectivity index is 2.57. The molecule has 18 heavy (non-hydrogen) atoms. The lowest BCUT2D eigenvalue weighted by molar-refractivity contribution is 0.0943. The Hall–Kier alpha value is -1.26. The third kappa shape index (κ3) is 4.94. The van der Waals surface area contributed by atoms with E-state index in [4.69, 9.17) is 5.73 Å². The van der Waals surface area contributed by atoms with Gasteiger partial charge in [-0.25, -0.2) is 13.1 Å². The van der Waals surface area contributed by atoms with Crippen LogP contribution < -0.4 is 15.8 Å². The molecule has 1 heterocycles. The molecule has 0 radical (unpaired) electrons. The Morgan fingerprint density at radius 1 is 1.44 bits per heavy atom. The summed E-state index contributed by atoms with van der Waals surface area (Å²) in [7, 11) is -3.34. The van der Waals surface area contributed by atoms with Gasteiger partial charge in [0.05, 0.1) is 6.26 Å². The fraction of sp³-hybridized carbons (Fsp3) is 0.625. The number of nitrogens with zero attached hydrogens (tertiary/aromatic N) is 2. The lowest BCUT2D eigenvalue weighted by Gasteiger charge is -2.24. The van der Waals surface area contributed by atoms with Crippen LogP contribution in [0.2, 0.25) is 0 Å². The quantitative estimate of drug-likeness (QED) is 0.651. The van der Waals surface area contributed by atoms with E-state index in [9.17, 15) is 13.2 Å². The number of nitrogens with one attached hydrogen (secondary N) is 2. The number of hydrogen-bond donors (Lipinski definition) is 3. The zero-order valence-corrected chi connectivity index (χ0v) is 11.9. The van der Waals surface area contributed by atoms with Crippen molar-refractivity contribution < 1.29 is 13.2 Å². The molecule has 1 aromatic rings. The average molecular weight is 293 g/mol. The summed E-state index contributed by atoms with van der Waals surface area (Å²) in [6, 6.07) is 0. The fourth-order valence-electron chi connectivity index (χ4n) is 1.24. The van der Waals surface area contributed by atoms with Crippen LogP contribution in [-0.2, 0) is 10.0 Å². The molecular formula is C8H15N5O3S2. The number of rotatable bonds is 5. The molecule has 10 heteroatoms. The molecule has 1 amide bonds. The predicted molar refractivity (Wildman–Crippen MR) is 68.7 cm³/mol. The summed E-state index contributed by atoms with van der Waals surface area (Å²) in [6.07, 6.45) is 1.06. The number of nitrogen functional groups attached to an aromatic ring is 1. The van der Waals surface area contributed by atoms with Crippen molar-refractivity contribution in [1.82, 2.24) is 20.2 Å². The first-order chi connectivity index (χ1) is 8.09. The fourth-order valence-corrected chi connectivity index (χ4v) is 2.84. The molecule has 0 spiro atoms. The first-order valence-electron chi connectivity index (χ1n) is 4.95. The van der Waals surface area contributed by atoms with Crippen LogP contribution in [0, 0.1) is 0 Å². The molecule has 0 atom stereocenters. The number of sulfonamides is 1. The monoisotopic (exact) mass is 293 g/mol. The van der Waals surface area contributed by atoms with E-state index in [1.807, 2.05) is 0 Å². The summed E-state index contributed by atoms with van der Waals surface area (Å²) in [4.78, 5) is 11.6. The molecule has 4 N–H and O–H groups in total. The van der Waals surface area contributed by atoms with Crippen LogP contribution >= 0.6 is 11.3 Å². The van der Waals surface area contributed by atoms with Crippen molar-refractivity contribution in [3.63, 3.8) is 0 Å². The van der Waals surface area contributed by atoms with Gasteiger partial charge in [-0.1, -0.05) is 11.3 Å². The van der Waals surface area contributed by atoms with Gasteiger partial charge < -0.3 is 11.1 Å². The molecule has 0 unspecified atom stereocenters. The first-order valence-corrected chi connectivity index (χ1v) is 7.66. The minimum absolute atomic E-state index is 0.123. The molecule has 1 aromatic heterocycles. The van der Waals surface area contributed by atoms with E-state index in [1.54, 1.807) is 13.8 Å². The Bertz CT molecular complexity index is 537. The van der Waals surface area contributed by atoms with Crippen LogP contribution in [0.5, 0.6) is 0 Å². The minimum Gasteiger partial charge on any atom is -0.374 e. The van der Waals surface area contributed by atoms with Gasteiger partial charge in [-0.15, -0.1) is 10.2 Å². The van der Waals surface area contributed by atoms with E-state index in [2.05, 4.69) is 20.2 Å². The standard InChI is InChI=1S/C8H15N5O3S2/c1-8(2,13-18(3,15)16)4-10-5(14)6-11-12-7(9)17-6/h13H,4H2,1-3H3,(H2,9,12)(H,10,14). The van der Waals surface area contributed by atoms with Crippen molar-refractivity contribution in [3.05, 3.63) is 5.01 Å². The van der Waals surface area contributed by atoms with Crippen molar-refractivity contribution in [1.29, 1.82) is 0 Å². The molecule has 8 nitrogen and oxygen atoms in total. The van der Waals surface area contributed by atoms with Crippen LogP contribution in [-0.4, -0.2) is 42.9 Å². The van der Waals surface area contributed by atoms with Gasteiger partial charge in [-0.2, -0.15) is 0 Å². The Morgan fingerprint density at radius 3 is 2.50 bits per heavy atom. The van der Waals surface area contributed by atoms with Crippen molar-refractivity contribution >= 4 is 32.4 Å². The molecule has 0 bridgehead atoms. The highest BCUT2D eigenvalue weighted by molar-refractivity contribution is 7.88. The molecule has 1 rings (SSSR count). The number of carbonyl (C=O) groups excluding carboxylic acids is 1. The van der Waals surface area contributed by atoms with E-state index in [1.165, 1.54) is 0 Å². The zero-order chi connectivity index (χ0) is 14.0. The lowest BCUT2D eigenvalue weighted by atomic mass is 10.1. The van der Waals surface area contributed by atoms with Gasteiger partial charge in [0.2, 0.25) is 20.2 Å². The van der Waals surface area contributed by atoms with Crippen LogP contribution in [0.4, 0.5) is 5.13 Å². The van der Waals surface area contributed by atoms with Crippen molar-refractivity contribution in [2.24, 2.45) is 0 Å². The number of nitrogens with two attached hydrogens (primary N) is 1. The normalized spacial score (nSPS) is 12.4. The Labute approximate surface area is 109 Å². The smallest absolute Gasteiger partial charge is 0.282 e. The summed E-state index contributed by atoms with van der Waals surface area (Å²) in [5.74, 6) is -0.437. The summed E-state index contributed by atoms with van der Waals surface area (Å²) >= 11 is 0.964. The number of aromatic nitrogens is 2. The molecular weight excluding hydrogens is 278 g/mol. The highest BCUT2D eigenvalue weighted by Gasteiger charge is 2.23. The van der Waals surface area contributed by atoms with Gasteiger partial charge in [0.1, 0.15) is 0 Å². The highest BCUT2D eigenvalue weighted by Crippen LogP contribution is 2.11. The van der Waals surface area contributed by atoms with Crippen molar-refractivity contribution in [3.8, 4) is 0 Å². The molecule has 102 valence electrons. The second-order valence-corrected chi connectivity index (χ2v) is 7.14. The van der Waals surface area contributed by atoms with Gasteiger partial charge in [-0.05, 0) is 13.8 Å². The molecule has 0 aliphatic rings. The minimum atomic E-state index is -3.34. The number of hydrogen-bond acceptors (Lipinski definition) is 7. The number of anilines is 1. The topological polar surface area (TPSA) is 127 Å². The van der Waals surface area contributed by atoms with Crippen molar-refractivity contribution in [2.75, 3.05) is 18.5 Å². The van der Waals surface area contributed by atoms with Gasteiger partial charge in [-0.3, -0.25) is 4.79 Å². The lowest BCUT2D eigenvalue weighted by Crippen LogP contribution is -2.51. The van der Waals surface area contributed by atoms with Crippen LogP contribution in [0.15, 0.2) is 0 Å². The molecule has 0 aromatic carbocycles. The second-order valence-electron chi connectivity index (χ2n) is 4.39. The van der Waals surface area contributed by atoms with E-state index in [0.717, 1.165) is 17.6 Å². The molecule has 0 saturated carbocycles. The van der Waals surface area contributed by atoms with E-state index in [0.29, 0.717) is 0 Å².